The second-order valence-corrected chi connectivity index (χ2v) is 9.04. The Labute approximate surface area is 184 Å². The van der Waals surface area contributed by atoms with Crippen LogP contribution in [0.5, 0.6) is 5.75 Å². The Hall–Kier alpha value is -1.21. The number of nitrogens with zero attached hydrogens (tertiary/aromatic N) is 4. The standard InChI is InChI=1S/C21H33Cl2N5O/c1-24-21(25-13-19-14-26(2)8-9-27(19)3)28-6-4-16(5-7-28)15-29-20-11-17(22)10-18(23)12-20/h10-12,16,19H,4-9,13-15H2,1-3H3,(H,24,25). The van der Waals surface area contributed by atoms with Gasteiger partial charge in [-0.1, -0.05) is 23.2 Å². The Kier molecular flexibility index (Phi) is 8.30. The molecular formula is C21H33Cl2N5O. The SMILES string of the molecule is CN=C(NCC1CN(C)CCN1C)N1CCC(COc2cc(Cl)cc(Cl)c2)CC1. The summed E-state index contributed by atoms with van der Waals surface area (Å²) in [6, 6.07) is 5.86. The largest absolute Gasteiger partial charge is 0.493 e. The van der Waals surface area contributed by atoms with E-state index in [9.17, 15) is 0 Å². The van der Waals surface area contributed by atoms with E-state index < -0.39 is 0 Å². The molecule has 1 atom stereocenters. The van der Waals surface area contributed by atoms with E-state index in [1.54, 1.807) is 6.07 Å². The molecule has 1 N–H and O–H groups in total. The van der Waals surface area contributed by atoms with E-state index in [4.69, 9.17) is 27.9 Å². The van der Waals surface area contributed by atoms with E-state index in [1.807, 2.05) is 19.2 Å². The first-order valence-corrected chi connectivity index (χ1v) is 11.1. The molecule has 2 heterocycles. The summed E-state index contributed by atoms with van der Waals surface area (Å²) in [6.45, 7) is 6.94. The highest BCUT2D eigenvalue weighted by molar-refractivity contribution is 6.34. The summed E-state index contributed by atoms with van der Waals surface area (Å²) in [5, 5.41) is 4.80. The van der Waals surface area contributed by atoms with E-state index in [-0.39, 0.29) is 0 Å². The number of nitrogens with one attached hydrogen (secondary N) is 1. The summed E-state index contributed by atoms with van der Waals surface area (Å²) in [7, 11) is 6.27. The van der Waals surface area contributed by atoms with Crippen molar-refractivity contribution in [1.29, 1.82) is 0 Å². The molecule has 0 bridgehead atoms. The molecule has 0 saturated carbocycles. The van der Waals surface area contributed by atoms with Crippen LogP contribution in [0.25, 0.3) is 0 Å². The number of piperazine rings is 1. The molecule has 2 aliphatic heterocycles. The number of hydrogen-bond acceptors (Lipinski definition) is 4. The lowest BCUT2D eigenvalue weighted by molar-refractivity contribution is 0.115. The van der Waals surface area contributed by atoms with Crippen molar-refractivity contribution in [2.75, 3.05) is 67.0 Å². The highest BCUT2D eigenvalue weighted by atomic mass is 35.5. The van der Waals surface area contributed by atoms with Crippen LogP contribution in [-0.2, 0) is 0 Å². The molecule has 2 aliphatic rings. The molecule has 2 saturated heterocycles. The second kappa shape index (κ2) is 10.7. The predicted octanol–water partition coefficient (Wildman–Crippen LogP) is 2.91. The number of ether oxygens (including phenoxy) is 1. The predicted molar refractivity (Wildman–Crippen MR) is 122 cm³/mol. The van der Waals surface area contributed by atoms with Gasteiger partial charge >= 0.3 is 0 Å². The van der Waals surface area contributed by atoms with E-state index in [0.717, 1.165) is 63.8 Å². The van der Waals surface area contributed by atoms with Crippen LogP contribution in [0.15, 0.2) is 23.2 Å². The van der Waals surface area contributed by atoms with E-state index >= 15 is 0 Å². The zero-order chi connectivity index (χ0) is 20.8. The molecule has 0 amide bonds. The van der Waals surface area contributed by atoms with E-state index in [2.05, 4.69) is 39.1 Å². The molecule has 0 aliphatic carbocycles. The van der Waals surface area contributed by atoms with Gasteiger partial charge in [-0.25, -0.2) is 0 Å². The molecular weight excluding hydrogens is 409 g/mol. The summed E-state index contributed by atoms with van der Waals surface area (Å²) in [6.07, 6.45) is 2.17. The quantitative estimate of drug-likeness (QED) is 0.561. The van der Waals surface area contributed by atoms with Crippen LogP contribution in [0.3, 0.4) is 0 Å². The smallest absolute Gasteiger partial charge is 0.193 e. The van der Waals surface area contributed by atoms with Crippen LogP contribution in [0, 0.1) is 5.92 Å². The fraction of sp³-hybridized carbons (Fsp3) is 0.667. The lowest BCUT2D eigenvalue weighted by Crippen LogP contribution is -2.56. The lowest BCUT2D eigenvalue weighted by Gasteiger charge is -2.39. The highest BCUT2D eigenvalue weighted by Gasteiger charge is 2.25. The van der Waals surface area contributed by atoms with Crippen molar-refractivity contribution in [1.82, 2.24) is 20.0 Å². The van der Waals surface area contributed by atoms with Crippen molar-refractivity contribution in [2.45, 2.75) is 18.9 Å². The highest BCUT2D eigenvalue weighted by Crippen LogP contribution is 2.26. The fourth-order valence-corrected chi connectivity index (χ4v) is 4.51. The first-order chi connectivity index (χ1) is 13.9. The van der Waals surface area contributed by atoms with Gasteiger partial charge in [0.1, 0.15) is 5.75 Å². The average Bonchev–Trinajstić information content (AvgIpc) is 2.69. The van der Waals surface area contributed by atoms with Crippen LogP contribution in [0.4, 0.5) is 0 Å². The van der Waals surface area contributed by atoms with Crippen LogP contribution < -0.4 is 10.1 Å². The Morgan fingerprint density at radius 2 is 1.79 bits per heavy atom. The van der Waals surface area contributed by atoms with Crippen LogP contribution >= 0.6 is 23.2 Å². The molecule has 8 heteroatoms. The number of benzene rings is 1. The third-order valence-electron chi connectivity index (χ3n) is 5.92. The minimum absolute atomic E-state index is 0.515. The molecule has 1 aromatic rings. The number of halogens is 2. The maximum absolute atomic E-state index is 6.05. The summed E-state index contributed by atoms with van der Waals surface area (Å²) in [5.41, 5.74) is 0. The van der Waals surface area contributed by atoms with Gasteiger partial charge in [0.15, 0.2) is 5.96 Å². The minimum Gasteiger partial charge on any atom is -0.493 e. The molecule has 29 heavy (non-hydrogen) atoms. The number of piperidine rings is 1. The van der Waals surface area contributed by atoms with Gasteiger partial charge in [-0.3, -0.25) is 9.89 Å². The van der Waals surface area contributed by atoms with Crippen molar-refractivity contribution in [3.8, 4) is 5.75 Å². The number of guanidine groups is 1. The van der Waals surface area contributed by atoms with Gasteiger partial charge in [-0.05, 0) is 51.1 Å². The third kappa shape index (κ3) is 6.64. The van der Waals surface area contributed by atoms with E-state index in [1.165, 1.54) is 0 Å². The van der Waals surface area contributed by atoms with Gasteiger partial charge in [0.25, 0.3) is 0 Å². The number of likely N-dealkylation sites (N-methyl/N-ethyl adjacent to an activating group) is 2. The topological polar surface area (TPSA) is 43.3 Å². The normalized spacial score (nSPS) is 22.7. The van der Waals surface area contributed by atoms with Gasteiger partial charge in [-0.2, -0.15) is 0 Å². The summed E-state index contributed by atoms with van der Waals surface area (Å²) >= 11 is 12.1. The maximum atomic E-state index is 6.05. The monoisotopic (exact) mass is 441 g/mol. The second-order valence-electron chi connectivity index (χ2n) is 8.17. The van der Waals surface area contributed by atoms with Crippen molar-refractivity contribution in [3.05, 3.63) is 28.2 Å². The van der Waals surface area contributed by atoms with Crippen molar-refractivity contribution in [2.24, 2.45) is 10.9 Å². The Bertz CT molecular complexity index is 673. The lowest BCUT2D eigenvalue weighted by atomic mass is 9.98. The molecule has 1 unspecified atom stereocenters. The van der Waals surface area contributed by atoms with Crippen LogP contribution in [0.1, 0.15) is 12.8 Å². The summed E-state index contributed by atoms with van der Waals surface area (Å²) in [4.78, 5) is 11.7. The Balaban J connectivity index is 1.42. The van der Waals surface area contributed by atoms with E-state index in [0.29, 0.717) is 28.6 Å². The van der Waals surface area contributed by atoms with Gasteiger partial charge in [0, 0.05) is 62.4 Å². The van der Waals surface area contributed by atoms with Gasteiger partial charge < -0.3 is 19.9 Å². The van der Waals surface area contributed by atoms with Crippen molar-refractivity contribution >= 4 is 29.2 Å². The zero-order valence-electron chi connectivity index (χ0n) is 17.7. The third-order valence-corrected chi connectivity index (χ3v) is 6.36. The molecule has 0 radical (unpaired) electrons. The fourth-order valence-electron chi connectivity index (χ4n) is 4.00. The van der Waals surface area contributed by atoms with Gasteiger partial charge in [0.05, 0.1) is 6.61 Å². The molecule has 0 spiro atoms. The number of likely N-dealkylation sites (tertiary alicyclic amines) is 1. The van der Waals surface area contributed by atoms with Gasteiger partial charge in [0.2, 0.25) is 0 Å². The van der Waals surface area contributed by atoms with Crippen molar-refractivity contribution < 1.29 is 4.74 Å². The molecule has 1 aromatic carbocycles. The first kappa shape index (κ1) is 22.5. The maximum Gasteiger partial charge on any atom is 0.193 e. The van der Waals surface area contributed by atoms with Crippen LogP contribution in [-0.4, -0.2) is 93.7 Å². The number of aliphatic imine (C=N–C) groups is 1. The molecule has 0 aromatic heterocycles. The molecule has 6 nitrogen and oxygen atoms in total. The zero-order valence-corrected chi connectivity index (χ0v) is 19.2. The number of rotatable bonds is 5. The summed E-state index contributed by atoms with van der Waals surface area (Å²) < 4.78 is 5.93. The van der Waals surface area contributed by atoms with Crippen LogP contribution in [0.2, 0.25) is 10.0 Å². The molecule has 2 fully saturated rings. The average molecular weight is 442 g/mol. The van der Waals surface area contributed by atoms with Crippen molar-refractivity contribution in [3.63, 3.8) is 0 Å². The molecule has 162 valence electrons. The first-order valence-electron chi connectivity index (χ1n) is 10.4. The van der Waals surface area contributed by atoms with Gasteiger partial charge in [-0.15, -0.1) is 0 Å². The minimum atomic E-state index is 0.515. The Morgan fingerprint density at radius 1 is 1.10 bits per heavy atom. The summed E-state index contributed by atoms with van der Waals surface area (Å²) in [5.74, 6) is 2.27. The molecule has 3 rings (SSSR count). The number of hydrogen-bond donors (Lipinski definition) is 1. The Morgan fingerprint density at radius 3 is 2.45 bits per heavy atom.